The third-order valence-corrected chi connectivity index (χ3v) is 5.75. The maximum absolute atomic E-state index is 12.9. The van der Waals surface area contributed by atoms with Crippen molar-refractivity contribution < 1.29 is 14.1 Å². The molecule has 0 spiro atoms. The fourth-order valence-electron chi connectivity index (χ4n) is 4.20. The Morgan fingerprint density at radius 3 is 2.62 bits per heavy atom. The smallest absolute Gasteiger partial charge is 0.252 e. The Hall–Kier alpha value is -2.25. The summed E-state index contributed by atoms with van der Waals surface area (Å²) in [7, 11) is 0. The lowest BCUT2D eigenvalue weighted by Crippen LogP contribution is -2.40. The number of nitrogens with zero attached hydrogens (tertiary/aromatic N) is 4. The summed E-state index contributed by atoms with van der Waals surface area (Å²) in [6.07, 6.45) is 6.78. The number of amides is 1. The van der Waals surface area contributed by atoms with Gasteiger partial charge in [0.15, 0.2) is 5.82 Å². The van der Waals surface area contributed by atoms with Gasteiger partial charge in [-0.2, -0.15) is 4.98 Å². The zero-order valence-electron chi connectivity index (χ0n) is 17.0. The lowest BCUT2D eigenvalue weighted by Gasteiger charge is -2.26. The van der Waals surface area contributed by atoms with Crippen LogP contribution in [0.25, 0.3) is 0 Å². The maximum Gasteiger partial charge on any atom is 0.252 e. The Kier molecular flexibility index (Phi) is 6.90. The minimum atomic E-state index is -0.0823. The van der Waals surface area contributed by atoms with Crippen LogP contribution in [-0.2, 0) is 22.7 Å². The zero-order chi connectivity index (χ0) is 19.9. The van der Waals surface area contributed by atoms with E-state index in [9.17, 15) is 4.79 Å². The molecule has 4 rings (SSSR count). The Balaban J connectivity index is 1.30. The van der Waals surface area contributed by atoms with Gasteiger partial charge in [0.05, 0.1) is 19.2 Å². The second-order valence-electron chi connectivity index (χ2n) is 7.96. The number of ether oxygens (including phenoxy) is 1. The first-order valence-electron chi connectivity index (χ1n) is 10.8. The molecule has 1 aromatic carbocycles. The van der Waals surface area contributed by atoms with Crippen molar-refractivity contribution in [2.75, 3.05) is 26.2 Å². The van der Waals surface area contributed by atoms with Crippen molar-refractivity contribution in [3.8, 4) is 0 Å². The Morgan fingerprint density at radius 1 is 1.03 bits per heavy atom. The quantitative estimate of drug-likeness (QED) is 0.712. The van der Waals surface area contributed by atoms with Crippen LogP contribution in [0.15, 0.2) is 34.9 Å². The van der Waals surface area contributed by atoms with E-state index in [1.807, 2.05) is 35.2 Å². The van der Waals surface area contributed by atoms with Gasteiger partial charge in [0.1, 0.15) is 6.61 Å². The van der Waals surface area contributed by atoms with Crippen LogP contribution in [0.3, 0.4) is 0 Å². The van der Waals surface area contributed by atoms with Gasteiger partial charge >= 0.3 is 0 Å². The lowest BCUT2D eigenvalue weighted by atomic mass is 10.2. The standard InChI is InChI=1S/C22H30N4O3/c27-21(15-25-12-6-1-2-7-13-25)26-14-8-11-19(26)22-23-20(29-24-22)17-28-16-18-9-4-3-5-10-18/h3-5,9-10,19H,1-2,6-8,11-17H2. The SMILES string of the molecule is O=C(CN1CCCCCC1)N1CCCC1c1noc(COCc2ccccc2)n1. The van der Waals surface area contributed by atoms with Gasteiger partial charge in [-0.25, -0.2) is 0 Å². The van der Waals surface area contributed by atoms with E-state index in [4.69, 9.17) is 9.26 Å². The number of likely N-dealkylation sites (tertiary alicyclic amines) is 2. The molecular formula is C22H30N4O3. The highest BCUT2D eigenvalue weighted by Gasteiger charge is 2.34. The second kappa shape index (κ2) is 9.98. The average molecular weight is 399 g/mol. The van der Waals surface area contributed by atoms with Crippen molar-refractivity contribution in [3.05, 3.63) is 47.6 Å². The van der Waals surface area contributed by atoms with Gasteiger partial charge in [-0.05, 0) is 44.3 Å². The minimum absolute atomic E-state index is 0.0823. The van der Waals surface area contributed by atoms with E-state index in [-0.39, 0.29) is 18.6 Å². The molecule has 0 bridgehead atoms. The van der Waals surface area contributed by atoms with E-state index in [2.05, 4.69) is 15.0 Å². The van der Waals surface area contributed by atoms with Gasteiger partial charge < -0.3 is 14.2 Å². The molecule has 7 nitrogen and oxygen atoms in total. The average Bonchev–Trinajstić information content (AvgIpc) is 3.34. The summed E-state index contributed by atoms with van der Waals surface area (Å²) in [6.45, 7) is 4.09. The highest BCUT2D eigenvalue weighted by atomic mass is 16.5. The van der Waals surface area contributed by atoms with Crippen molar-refractivity contribution in [1.82, 2.24) is 19.9 Å². The molecular weight excluding hydrogens is 368 g/mol. The molecule has 0 N–H and O–H groups in total. The summed E-state index contributed by atoms with van der Waals surface area (Å²) in [5, 5.41) is 4.14. The fraction of sp³-hybridized carbons (Fsp3) is 0.591. The predicted molar refractivity (Wildman–Crippen MR) is 108 cm³/mol. The molecule has 1 amide bonds. The van der Waals surface area contributed by atoms with E-state index < -0.39 is 0 Å². The van der Waals surface area contributed by atoms with Crippen LogP contribution >= 0.6 is 0 Å². The first-order chi connectivity index (χ1) is 14.3. The fourth-order valence-corrected chi connectivity index (χ4v) is 4.20. The maximum atomic E-state index is 12.9. The molecule has 3 heterocycles. The van der Waals surface area contributed by atoms with Crippen LogP contribution < -0.4 is 0 Å². The number of rotatable bonds is 7. The summed E-state index contributed by atoms with van der Waals surface area (Å²) >= 11 is 0. The van der Waals surface area contributed by atoms with Gasteiger partial charge in [-0.15, -0.1) is 0 Å². The van der Waals surface area contributed by atoms with Crippen molar-refractivity contribution in [1.29, 1.82) is 0 Å². The normalized spacial score (nSPS) is 20.7. The minimum Gasteiger partial charge on any atom is -0.367 e. The van der Waals surface area contributed by atoms with E-state index in [0.717, 1.165) is 38.0 Å². The van der Waals surface area contributed by atoms with Crippen LogP contribution in [0, 0.1) is 0 Å². The van der Waals surface area contributed by atoms with Crippen molar-refractivity contribution in [2.45, 2.75) is 57.8 Å². The first-order valence-corrected chi connectivity index (χ1v) is 10.8. The molecule has 1 unspecified atom stereocenters. The van der Waals surface area contributed by atoms with Crippen LogP contribution in [0.4, 0.5) is 0 Å². The molecule has 0 saturated carbocycles. The van der Waals surface area contributed by atoms with Gasteiger partial charge in [0.25, 0.3) is 5.89 Å². The van der Waals surface area contributed by atoms with E-state index >= 15 is 0 Å². The summed E-state index contributed by atoms with van der Waals surface area (Å²) in [4.78, 5) is 21.7. The molecule has 0 radical (unpaired) electrons. The van der Waals surface area contributed by atoms with E-state index in [0.29, 0.717) is 24.9 Å². The topological polar surface area (TPSA) is 71.7 Å². The monoisotopic (exact) mass is 398 g/mol. The summed E-state index contributed by atoms with van der Waals surface area (Å²) < 4.78 is 11.1. The van der Waals surface area contributed by atoms with Crippen LogP contribution in [0.5, 0.6) is 0 Å². The van der Waals surface area contributed by atoms with Crippen molar-refractivity contribution in [2.24, 2.45) is 0 Å². The summed E-state index contributed by atoms with van der Waals surface area (Å²) in [5.41, 5.74) is 1.10. The Bertz CT molecular complexity index is 771. The number of hydrogen-bond donors (Lipinski definition) is 0. The molecule has 1 aromatic heterocycles. The third-order valence-electron chi connectivity index (χ3n) is 5.75. The number of benzene rings is 1. The van der Waals surface area contributed by atoms with E-state index in [1.54, 1.807) is 0 Å². The van der Waals surface area contributed by atoms with Gasteiger partial charge in [0.2, 0.25) is 5.91 Å². The number of hydrogen-bond acceptors (Lipinski definition) is 6. The van der Waals surface area contributed by atoms with Gasteiger partial charge in [0, 0.05) is 6.54 Å². The molecule has 2 aromatic rings. The molecule has 7 heteroatoms. The molecule has 2 aliphatic rings. The largest absolute Gasteiger partial charge is 0.367 e. The molecule has 156 valence electrons. The van der Waals surface area contributed by atoms with Crippen molar-refractivity contribution in [3.63, 3.8) is 0 Å². The first kappa shape index (κ1) is 20.0. The molecule has 2 fully saturated rings. The molecule has 29 heavy (non-hydrogen) atoms. The molecule has 1 atom stereocenters. The van der Waals surface area contributed by atoms with Crippen LogP contribution in [0.1, 0.15) is 61.8 Å². The summed E-state index contributed by atoms with van der Waals surface area (Å²) in [6, 6.07) is 9.91. The Labute approximate surface area is 172 Å². The van der Waals surface area contributed by atoms with Crippen LogP contribution in [-0.4, -0.2) is 52.0 Å². The van der Waals surface area contributed by atoms with Gasteiger partial charge in [-0.3, -0.25) is 9.69 Å². The lowest BCUT2D eigenvalue weighted by molar-refractivity contribution is -0.133. The zero-order valence-corrected chi connectivity index (χ0v) is 17.0. The third kappa shape index (κ3) is 5.42. The molecule has 2 aliphatic heterocycles. The summed E-state index contributed by atoms with van der Waals surface area (Å²) in [5.74, 6) is 1.24. The van der Waals surface area contributed by atoms with Crippen LogP contribution in [0.2, 0.25) is 0 Å². The number of carbonyl (C=O) groups is 1. The number of aromatic nitrogens is 2. The molecule has 2 saturated heterocycles. The predicted octanol–water partition coefficient (Wildman–Crippen LogP) is 3.33. The van der Waals surface area contributed by atoms with Crippen molar-refractivity contribution >= 4 is 5.91 Å². The Morgan fingerprint density at radius 2 is 1.83 bits per heavy atom. The number of carbonyl (C=O) groups excluding carboxylic acids is 1. The highest BCUT2D eigenvalue weighted by Crippen LogP contribution is 2.30. The van der Waals surface area contributed by atoms with E-state index in [1.165, 1.54) is 25.7 Å². The highest BCUT2D eigenvalue weighted by molar-refractivity contribution is 5.79. The molecule has 0 aliphatic carbocycles. The van der Waals surface area contributed by atoms with Gasteiger partial charge in [-0.1, -0.05) is 48.3 Å². The second-order valence-corrected chi connectivity index (χ2v) is 7.96.